The molecule has 3 aromatic carbocycles. The molecular weight excluding hydrogens is 262 g/mol. The summed E-state index contributed by atoms with van der Waals surface area (Å²) in [5.74, 6) is 0. The van der Waals surface area contributed by atoms with E-state index in [0.29, 0.717) is 6.42 Å². The van der Waals surface area contributed by atoms with Crippen LogP contribution in [0.4, 0.5) is 0 Å². The summed E-state index contributed by atoms with van der Waals surface area (Å²) in [4.78, 5) is 11.2. The number of hydrogen-bond donors (Lipinski definition) is 0. The number of rotatable bonds is 4. The lowest BCUT2D eigenvalue weighted by Gasteiger charge is -2.11. The van der Waals surface area contributed by atoms with Crippen LogP contribution in [0.25, 0.3) is 10.8 Å². The van der Waals surface area contributed by atoms with E-state index in [2.05, 4.69) is 0 Å². The second-order valence-corrected chi connectivity index (χ2v) is 5.10. The predicted octanol–water partition coefficient (Wildman–Crippen LogP) is 4.40. The Morgan fingerprint density at radius 3 is 2.24 bits per heavy atom. The van der Waals surface area contributed by atoms with Crippen molar-refractivity contribution in [1.29, 1.82) is 0 Å². The zero-order chi connectivity index (χ0) is 14.7. The van der Waals surface area contributed by atoms with Gasteiger partial charge in [0.1, 0.15) is 0 Å². The van der Waals surface area contributed by atoms with Gasteiger partial charge < -0.3 is 0 Å². The molecule has 104 valence electrons. The molecule has 1 atom stereocenters. The average Bonchev–Trinajstić information content (AvgIpc) is 2.53. The minimum Gasteiger partial charge on any atom is -0.264 e. The third kappa shape index (κ3) is 2.92. The molecule has 0 N–H and O–H groups in total. The monoisotopic (exact) mass is 277 g/mol. The summed E-state index contributed by atoms with van der Waals surface area (Å²) < 4.78 is 0. The molecule has 0 aliphatic carbocycles. The first-order chi connectivity index (χ1) is 10.2. The first kappa shape index (κ1) is 13.3. The molecule has 0 heterocycles. The molecule has 3 aromatic rings. The maximum Gasteiger partial charge on any atom is 0.242 e. The van der Waals surface area contributed by atoms with Crippen LogP contribution in [0, 0.1) is 10.1 Å². The lowest BCUT2D eigenvalue weighted by atomic mass is 9.97. The summed E-state index contributed by atoms with van der Waals surface area (Å²) >= 11 is 0. The molecule has 0 saturated heterocycles. The van der Waals surface area contributed by atoms with Gasteiger partial charge in [-0.15, -0.1) is 0 Å². The Morgan fingerprint density at radius 1 is 0.857 bits per heavy atom. The molecule has 0 aliphatic heterocycles. The zero-order valence-electron chi connectivity index (χ0n) is 11.5. The Morgan fingerprint density at radius 2 is 1.52 bits per heavy atom. The summed E-state index contributed by atoms with van der Waals surface area (Å²) in [6.07, 6.45) is 0.409. The van der Waals surface area contributed by atoms with Crippen molar-refractivity contribution in [2.75, 3.05) is 0 Å². The normalized spacial score (nSPS) is 12.2. The lowest BCUT2D eigenvalue weighted by Crippen LogP contribution is -2.13. The largest absolute Gasteiger partial charge is 0.264 e. The smallest absolute Gasteiger partial charge is 0.242 e. The SMILES string of the molecule is O=[N+]([O-])C(Cc1ccccc1)c1ccc2ccccc2c1. The van der Waals surface area contributed by atoms with Gasteiger partial charge in [-0.25, -0.2) is 0 Å². The first-order valence-corrected chi connectivity index (χ1v) is 6.90. The molecule has 0 spiro atoms. The highest BCUT2D eigenvalue weighted by Gasteiger charge is 2.23. The van der Waals surface area contributed by atoms with Gasteiger partial charge in [0, 0.05) is 16.9 Å². The molecule has 0 saturated carbocycles. The van der Waals surface area contributed by atoms with Crippen LogP contribution in [-0.2, 0) is 6.42 Å². The van der Waals surface area contributed by atoms with Crippen molar-refractivity contribution in [3.05, 3.63) is 94.0 Å². The number of nitrogens with zero attached hydrogens (tertiary/aromatic N) is 1. The molecule has 1 unspecified atom stereocenters. The van der Waals surface area contributed by atoms with E-state index in [1.165, 1.54) is 0 Å². The number of hydrogen-bond acceptors (Lipinski definition) is 2. The number of fused-ring (bicyclic) bond motifs is 1. The van der Waals surface area contributed by atoms with E-state index in [9.17, 15) is 10.1 Å². The maximum atomic E-state index is 11.4. The van der Waals surface area contributed by atoms with E-state index in [0.717, 1.165) is 21.9 Å². The van der Waals surface area contributed by atoms with Crippen LogP contribution in [0.15, 0.2) is 72.8 Å². The fourth-order valence-corrected chi connectivity index (χ4v) is 2.57. The lowest BCUT2D eigenvalue weighted by molar-refractivity contribution is -0.528. The Bertz CT molecular complexity index is 768. The second kappa shape index (κ2) is 5.75. The van der Waals surface area contributed by atoms with E-state index in [4.69, 9.17) is 0 Å². The van der Waals surface area contributed by atoms with Crippen molar-refractivity contribution in [3.63, 3.8) is 0 Å². The van der Waals surface area contributed by atoms with Crippen LogP contribution in [0.5, 0.6) is 0 Å². The van der Waals surface area contributed by atoms with Gasteiger partial charge >= 0.3 is 0 Å². The van der Waals surface area contributed by atoms with Gasteiger partial charge in [-0.3, -0.25) is 10.1 Å². The molecule has 3 rings (SSSR count). The van der Waals surface area contributed by atoms with Crippen LogP contribution >= 0.6 is 0 Å². The summed E-state index contributed by atoms with van der Waals surface area (Å²) in [5.41, 5.74) is 1.73. The Kier molecular flexibility index (Phi) is 3.65. The standard InChI is InChI=1S/C18H15NO2/c20-19(21)18(12-14-6-2-1-3-7-14)17-11-10-15-8-4-5-9-16(15)13-17/h1-11,13,18H,12H2. The van der Waals surface area contributed by atoms with Gasteiger partial charge in [0.2, 0.25) is 6.04 Å². The van der Waals surface area contributed by atoms with Gasteiger partial charge in [-0.1, -0.05) is 66.7 Å². The van der Waals surface area contributed by atoms with E-state index in [1.54, 1.807) is 0 Å². The predicted molar refractivity (Wildman–Crippen MR) is 83.8 cm³/mol. The zero-order valence-corrected chi connectivity index (χ0v) is 11.5. The minimum absolute atomic E-state index is 0.197. The summed E-state index contributed by atoms with van der Waals surface area (Å²) in [6, 6.07) is 22.5. The topological polar surface area (TPSA) is 43.1 Å². The Balaban J connectivity index is 1.97. The molecular formula is C18H15NO2. The molecule has 0 aromatic heterocycles. The molecule has 0 bridgehead atoms. The van der Waals surface area contributed by atoms with E-state index >= 15 is 0 Å². The van der Waals surface area contributed by atoms with Crippen LogP contribution < -0.4 is 0 Å². The van der Waals surface area contributed by atoms with Crippen LogP contribution in [0.3, 0.4) is 0 Å². The Labute approximate surface area is 123 Å². The molecule has 21 heavy (non-hydrogen) atoms. The fraction of sp³-hybridized carbons (Fsp3) is 0.111. The van der Waals surface area contributed by atoms with Crippen molar-refractivity contribution in [2.45, 2.75) is 12.5 Å². The van der Waals surface area contributed by atoms with Crippen LogP contribution in [-0.4, -0.2) is 4.92 Å². The van der Waals surface area contributed by atoms with Crippen molar-refractivity contribution >= 4 is 10.8 Å². The van der Waals surface area contributed by atoms with Crippen molar-refractivity contribution in [3.8, 4) is 0 Å². The van der Waals surface area contributed by atoms with Gasteiger partial charge in [0.15, 0.2) is 0 Å². The quantitative estimate of drug-likeness (QED) is 0.524. The summed E-state index contributed by atoms with van der Waals surface area (Å²) in [7, 11) is 0. The first-order valence-electron chi connectivity index (χ1n) is 6.90. The van der Waals surface area contributed by atoms with Crippen molar-refractivity contribution < 1.29 is 4.92 Å². The molecule has 3 nitrogen and oxygen atoms in total. The van der Waals surface area contributed by atoms with E-state index in [1.807, 2.05) is 72.8 Å². The van der Waals surface area contributed by atoms with Crippen LogP contribution in [0.2, 0.25) is 0 Å². The molecule has 0 aliphatic rings. The molecule has 0 radical (unpaired) electrons. The fourth-order valence-electron chi connectivity index (χ4n) is 2.57. The molecule has 3 heteroatoms. The van der Waals surface area contributed by atoms with E-state index in [-0.39, 0.29) is 4.92 Å². The highest BCUT2D eigenvalue weighted by atomic mass is 16.6. The van der Waals surface area contributed by atoms with Gasteiger partial charge in [-0.2, -0.15) is 0 Å². The highest BCUT2D eigenvalue weighted by molar-refractivity contribution is 5.83. The maximum absolute atomic E-state index is 11.4. The molecule has 0 amide bonds. The van der Waals surface area contributed by atoms with Crippen LogP contribution in [0.1, 0.15) is 17.2 Å². The summed E-state index contributed by atoms with van der Waals surface area (Å²) in [5, 5.41) is 13.6. The third-order valence-corrected chi connectivity index (χ3v) is 3.68. The summed E-state index contributed by atoms with van der Waals surface area (Å²) in [6.45, 7) is 0. The number of nitro groups is 1. The van der Waals surface area contributed by atoms with E-state index < -0.39 is 6.04 Å². The molecule has 0 fully saturated rings. The average molecular weight is 277 g/mol. The van der Waals surface area contributed by atoms with Gasteiger partial charge in [0.05, 0.1) is 0 Å². The van der Waals surface area contributed by atoms with Gasteiger partial charge in [0.25, 0.3) is 0 Å². The third-order valence-electron chi connectivity index (χ3n) is 3.68. The number of benzene rings is 3. The van der Waals surface area contributed by atoms with Gasteiger partial charge in [-0.05, 0) is 22.4 Å². The second-order valence-electron chi connectivity index (χ2n) is 5.10. The Hall–Kier alpha value is -2.68. The van der Waals surface area contributed by atoms with Crippen molar-refractivity contribution in [2.24, 2.45) is 0 Å². The minimum atomic E-state index is -0.711. The van der Waals surface area contributed by atoms with Crippen molar-refractivity contribution in [1.82, 2.24) is 0 Å². The highest BCUT2D eigenvalue weighted by Crippen LogP contribution is 2.25.